The molecule has 0 bridgehead atoms. The second-order valence-electron chi connectivity index (χ2n) is 6.04. The molecule has 9 nitrogen and oxygen atoms in total. The zero-order valence-corrected chi connectivity index (χ0v) is 15.8. The highest BCUT2D eigenvalue weighted by Crippen LogP contribution is 2.30. The third kappa shape index (κ3) is 3.64. The molecule has 1 aromatic carbocycles. The van der Waals surface area contributed by atoms with Gasteiger partial charge in [0.15, 0.2) is 0 Å². The number of nitrogens with one attached hydrogen (secondary N) is 1. The van der Waals surface area contributed by atoms with E-state index in [9.17, 15) is 0 Å². The SMILES string of the molecule is CNc1c(-c2cccc(OCc3cnc(OC)cn3)c2)nc2cc(C#N)ncn12. The largest absolute Gasteiger partial charge is 0.487 e. The van der Waals surface area contributed by atoms with Gasteiger partial charge in [-0.2, -0.15) is 5.26 Å². The molecule has 144 valence electrons. The first kappa shape index (κ1) is 18.2. The molecule has 0 fully saturated rings. The number of hydrogen-bond donors (Lipinski definition) is 1. The maximum atomic E-state index is 9.07. The van der Waals surface area contributed by atoms with E-state index in [1.54, 1.807) is 36.3 Å². The Bertz CT molecular complexity index is 1200. The van der Waals surface area contributed by atoms with Crippen LogP contribution in [0.15, 0.2) is 49.1 Å². The molecule has 1 N–H and O–H groups in total. The Balaban J connectivity index is 1.62. The Morgan fingerprint density at radius 1 is 1.17 bits per heavy atom. The van der Waals surface area contributed by atoms with Crippen LogP contribution in [-0.2, 0) is 6.61 Å². The number of aromatic nitrogens is 5. The van der Waals surface area contributed by atoms with Gasteiger partial charge in [-0.15, -0.1) is 0 Å². The number of nitrogens with zero attached hydrogens (tertiary/aromatic N) is 6. The molecular formula is C20H17N7O2. The van der Waals surface area contributed by atoms with Gasteiger partial charge < -0.3 is 14.8 Å². The average molecular weight is 387 g/mol. The molecule has 0 unspecified atom stereocenters. The molecule has 29 heavy (non-hydrogen) atoms. The summed E-state index contributed by atoms with van der Waals surface area (Å²) in [5, 5.41) is 12.2. The number of ether oxygens (including phenoxy) is 2. The van der Waals surface area contributed by atoms with Crippen LogP contribution in [-0.4, -0.2) is 38.5 Å². The number of benzene rings is 1. The summed E-state index contributed by atoms with van der Waals surface area (Å²) in [4.78, 5) is 17.1. The summed E-state index contributed by atoms with van der Waals surface area (Å²) in [6.07, 6.45) is 4.75. The number of anilines is 1. The molecule has 0 saturated carbocycles. The van der Waals surface area contributed by atoms with Crippen molar-refractivity contribution < 1.29 is 9.47 Å². The maximum Gasteiger partial charge on any atom is 0.231 e. The fourth-order valence-electron chi connectivity index (χ4n) is 2.86. The van der Waals surface area contributed by atoms with Crippen molar-refractivity contribution in [3.05, 3.63) is 60.4 Å². The number of methoxy groups -OCH3 is 1. The normalized spacial score (nSPS) is 10.5. The number of rotatable bonds is 6. The van der Waals surface area contributed by atoms with Crippen molar-refractivity contribution in [2.75, 3.05) is 19.5 Å². The lowest BCUT2D eigenvalue weighted by molar-refractivity contribution is 0.299. The smallest absolute Gasteiger partial charge is 0.231 e. The van der Waals surface area contributed by atoms with Gasteiger partial charge in [0.1, 0.15) is 47.6 Å². The van der Waals surface area contributed by atoms with Crippen LogP contribution in [0, 0.1) is 11.3 Å². The van der Waals surface area contributed by atoms with E-state index in [-0.39, 0.29) is 6.61 Å². The van der Waals surface area contributed by atoms with Crippen molar-refractivity contribution in [3.63, 3.8) is 0 Å². The van der Waals surface area contributed by atoms with Crippen LogP contribution in [0.4, 0.5) is 5.82 Å². The fraction of sp³-hybridized carbons (Fsp3) is 0.150. The van der Waals surface area contributed by atoms with E-state index in [0.29, 0.717) is 28.7 Å². The highest BCUT2D eigenvalue weighted by molar-refractivity contribution is 5.77. The molecule has 0 atom stereocenters. The van der Waals surface area contributed by atoms with Gasteiger partial charge in [-0.05, 0) is 12.1 Å². The summed E-state index contributed by atoms with van der Waals surface area (Å²) in [5.74, 6) is 1.90. The Labute approximate surface area is 166 Å². The lowest BCUT2D eigenvalue weighted by Gasteiger charge is -2.08. The topological polar surface area (TPSA) is 110 Å². The number of imidazole rings is 1. The van der Waals surface area contributed by atoms with Crippen molar-refractivity contribution >= 4 is 11.5 Å². The van der Waals surface area contributed by atoms with Crippen LogP contribution >= 0.6 is 0 Å². The number of nitriles is 1. The van der Waals surface area contributed by atoms with Crippen LogP contribution in [0.5, 0.6) is 11.6 Å². The van der Waals surface area contributed by atoms with Crippen molar-refractivity contribution in [1.82, 2.24) is 24.3 Å². The quantitative estimate of drug-likeness (QED) is 0.538. The molecule has 0 aliphatic carbocycles. The van der Waals surface area contributed by atoms with Gasteiger partial charge in [0, 0.05) is 18.7 Å². The van der Waals surface area contributed by atoms with Gasteiger partial charge in [-0.1, -0.05) is 12.1 Å². The van der Waals surface area contributed by atoms with Crippen molar-refractivity contribution in [2.24, 2.45) is 0 Å². The van der Waals surface area contributed by atoms with E-state index in [1.807, 2.05) is 37.4 Å². The zero-order chi connectivity index (χ0) is 20.2. The highest BCUT2D eigenvalue weighted by atomic mass is 16.5. The molecular weight excluding hydrogens is 370 g/mol. The Kier molecular flexibility index (Phi) is 4.90. The third-order valence-corrected chi connectivity index (χ3v) is 4.25. The minimum Gasteiger partial charge on any atom is -0.487 e. The standard InChI is InChI=1S/C20H17N7O2/c1-22-20-19(26-17-7-14(8-21)25-12-27(17)20)13-4-3-5-16(6-13)29-11-15-9-24-18(28-2)10-23-15/h3-7,9-10,12,22H,11H2,1-2H3. The van der Waals surface area contributed by atoms with Crippen molar-refractivity contribution in [2.45, 2.75) is 6.61 Å². The lowest BCUT2D eigenvalue weighted by atomic mass is 10.1. The molecule has 0 amide bonds. The number of fused-ring (bicyclic) bond motifs is 1. The fourth-order valence-corrected chi connectivity index (χ4v) is 2.86. The molecule has 0 aliphatic rings. The zero-order valence-electron chi connectivity index (χ0n) is 15.8. The van der Waals surface area contributed by atoms with E-state index in [2.05, 4.69) is 25.3 Å². The third-order valence-electron chi connectivity index (χ3n) is 4.25. The van der Waals surface area contributed by atoms with E-state index in [0.717, 1.165) is 17.1 Å². The molecule has 0 aliphatic heterocycles. The summed E-state index contributed by atoms with van der Waals surface area (Å²) in [6, 6.07) is 11.3. The first-order valence-corrected chi connectivity index (χ1v) is 8.76. The van der Waals surface area contributed by atoms with Crippen molar-refractivity contribution in [3.8, 4) is 29.0 Å². The Hall–Kier alpha value is -4.19. The first-order valence-electron chi connectivity index (χ1n) is 8.76. The van der Waals surface area contributed by atoms with Crippen LogP contribution in [0.2, 0.25) is 0 Å². The van der Waals surface area contributed by atoms with Crippen LogP contribution < -0.4 is 14.8 Å². The minimum absolute atomic E-state index is 0.278. The van der Waals surface area contributed by atoms with Gasteiger partial charge in [0.2, 0.25) is 5.88 Å². The highest BCUT2D eigenvalue weighted by Gasteiger charge is 2.14. The first-order chi connectivity index (χ1) is 14.2. The van der Waals surface area contributed by atoms with Crippen LogP contribution in [0.1, 0.15) is 11.4 Å². The Morgan fingerprint density at radius 2 is 2.07 bits per heavy atom. The molecule has 4 rings (SSSR count). The van der Waals surface area contributed by atoms with Gasteiger partial charge in [0.05, 0.1) is 25.2 Å². The van der Waals surface area contributed by atoms with Gasteiger partial charge >= 0.3 is 0 Å². The van der Waals surface area contributed by atoms with Crippen molar-refractivity contribution in [1.29, 1.82) is 5.26 Å². The summed E-state index contributed by atoms with van der Waals surface area (Å²) in [5.41, 5.74) is 3.24. The summed E-state index contributed by atoms with van der Waals surface area (Å²) >= 11 is 0. The molecule has 0 saturated heterocycles. The van der Waals surface area contributed by atoms with E-state index in [1.165, 1.54) is 0 Å². The summed E-state index contributed by atoms with van der Waals surface area (Å²) in [7, 11) is 3.36. The number of hydrogen-bond acceptors (Lipinski definition) is 8. The predicted octanol–water partition coefficient (Wildman–Crippen LogP) is 2.69. The maximum absolute atomic E-state index is 9.07. The molecule has 0 radical (unpaired) electrons. The molecule has 9 heteroatoms. The molecule has 3 aromatic heterocycles. The predicted molar refractivity (Wildman–Crippen MR) is 106 cm³/mol. The summed E-state index contributed by atoms with van der Waals surface area (Å²) in [6.45, 7) is 0.278. The second-order valence-corrected chi connectivity index (χ2v) is 6.04. The van der Waals surface area contributed by atoms with Gasteiger partial charge in [-0.25, -0.2) is 15.0 Å². The average Bonchev–Trinajstić information content (AvgIpc) is 3.16. The molecule has 0 spiro atoms. The minimum atomic E-state index is 0.278. The monoisotopic (exact) mass is 387 g/mol. The molecule has 3 heterocycles. The van der Waals surface area contributed by atoms with E-state index >= 15 is 0 Å². The molecule has 4 aromatic rings. The van der Waals surface area contributed by atoms with Crippen LogP contribution in [0.25, 0.3) is 16.9 Å². The van der Waals surface area contributed by atoms with Crippen LogP contribution in [0.3, 0.4) is 0 Å². The van der Waals surface area contributed by atoms with E-state index in [4.69, 9.17) is 14.7 Å². The summed E-state index contributed by atoms with van der Waals surface area (Å²) < 4.78 is 12.7. The Morgan fingerprint density at radius 3 is 2.79 bits per heavy atom. The van der Waals surface area contributed by atoms with E-state index < -0.39 is 0 Å². The lowest BCUT2D eigenvalue weighted by Crippen LogP contribution is -2.00. The van der Waals surface area contributed by atoms with Gasteiger partial charge in [0.25, 0.3) is 0 Å². The second kappa shape index (κ2) is 7.82. The van der Waals surface area contributed by atoms with Gasteiger partial charge in [-0.3, -0.25) is 9.38 Å².